The maximum atomic E-state index is 12.0. The summed E-state index contributed by atoms with van der Waals surface area (Å²) in [6.45, 7) is 8.98. The molecule has 0 aliphatic carbocycles. The normalized spacial score (nSPS) is 18.7. The first-order valence-corrected chi connectivity index (χ1v) is 8.08. The first-order valence-electron chi connectivity index (χ1n) is 8.08. The van der Waals surface area contributed by atoms with Crippen molar-refractivity contribution in [2.45, 2.75) is 45.3 Å². The summed E-state index contributed by atoms with van der Waals surface area (Å²) in [4.78, 5) is 14.1. The smallest absolute Gasteiger partial charge is 0.335 e. The van der Waals surface area contributed by atoms with Gasteiger partial charge >= 0.3 is 5.97 Å². The Labute approximate surface area is 137 Å². The van der Waals surface area contributed by atoms with Gasteiger partial charge in [0.25, 0.3) is 0 Å². The summed E-state index contributed by atoms with van der Waals surface area (Å²) in [7, 11) is 0. The number of carbonyl (C=O) groups is 1. The molecule has 6 heteroatoms. The van der Waals surface area contributed by atoms with E-state index in [0.717, 1.165) is 37.3 Å². The Balaban J connectivity index is 1.83. The van der Waals surface area contributed by atoms with E-state index >= 15 is 0 Å². The molecular formula is C17H25N3O3. The van der Waals surface area contributed by atoms with Crippen LogP contribution in [0, 0.1) is 6.92 Å². The molecule has 6 nitrogen and oxygen atoms in total. The van der Waals surface area contributed by atoms with Crippen molar-refractivity contribution in [1.82, 2.24) is 10.2 Å². The third-order valence-corrected chi connectivity index (χ3v) is 3.89. The minimum atomic E-state index is -0.552. The molecule has 0 aromatic carbocycles. The molecule has 2 atom stereocenters. The van der Waals surface area contributed by atoms with Gasteiger partial charge in [0.15, 0.2) is 11.9 Å². The minimum Gasteiger partial charge on any atom is -0.462 e. The molecule has 1 saturated heterocycles. The molecule has 0 radical (unpaired) electrons. The Bertz CT molecular complexity index is 518. The van der Waals surface area contributed by atoms with Gasteiger partial charge in [0.1, 0.15) is 6.61 Å². The maximum absolute atomic E-state index is 12.0. The molecule has 2 heterocycles. The molecule has 1 aliphatic heterocycles. The number of aromatic nitrogens is 2. The van der Waals surface area contributed by atoms with Gasteiger partial charge in [-0.15, -0.1) is 11.7 Å². The molecule has 1 aromatic rings. The molecule has 0 bridgehead atoms. The van der Waals surface area contributed by atoms with E-state index in [1.54, 1.807) is 13.0 Å². The summed E-state index contributed by atoms with van der Waals surface area (Å²) in [6.07, 6.45) is 3.97. The number of anilines is 1. The van der Waals surface area contributed by atoms with E-state index in [1.165, 1.54) is 0 Å². The Morgan fingerprint density at radius 2 is 2.35 bits per heavy atom. The molecule has 1 aromatic heterocycles. The Kier molecular flexibility index (Phi) is 6.52. The van der Waals surface area contributed by atoms with Crippen LogP contribution in [0.3, 0.4) is 0 Å². The fourth-order valence-corrected chi connectivity index (χ4v) is 2.55. The number of hydrogen-bond acceptors (Lipinski definition) is 6. The van der Waals surface area contributed by atoms with Gasteiger partial charge in [-0.2, -0.15) is 5.10 Å². The van der Waals surface area contributed by atoms with Crippen molar-refractivity contribution in [3.8, 4) is 0 Å². The van der Waals surface area contributed by atoms with Crippen LogP contribution in [0.4, 0.5) is 5.82 Å². The van der Waals surface area contributed by atoms with Crippen molar-refractivity contribution in [2.75, 3.05) is 24.7 Å². The Morgan fingerprint density at radius 3 is 3.04 bits per heavy atom. The maximum Gasteiger partial charge on any atom is 0.335 e. The zero-order valence-electron chi connectivity index (χ0n) is 13.9. The Hall–Kier alpha value is -1.95. The van der Waals surface area contributed by atoms with Crippen LogP contribution in [-0.2, 0) is 14.3 Å². The first kappa shape index (κ1) is 17.4. The number of nitrogens with zero attached hydrogens (tertiary/aromatic N) is 3. The van der Waals surface area contributed by atoms with Crippen LogP contribution in [0.1, 0.15) is 31.9 Å². The van der Waals surface area contributed by atoms with Crippen LogP contribution in [0.5, 0.6) is 0 Å². The van der Waals surface area contributed by atoms with Crippen molar-refractivity contribution < 1.29 is 14.3 Å². The molecule has 0 N–H and O–H groups in total. The van der Waals surface area contributed by atoms with Gasteiger partial charge in [0.2, 0.25) is 0 Å². The predicted molar refractivity (Wildman–Crippen MR) is 88.3 cm³/mol. The number of carbonyl (C=O) groups excluding carboxylic acids is 1. The molecule has 1 aliphatic rings. The summed E-state index contributed by atoms with van der Waals surface area (Å²) in [6, 6.07) is 4.05. The average Bonchev–Trinajstić information content (AvgIpc) is 3.02. The molecule has 23 heavy (non-hydrogen) atoms. The van der Waals surface area contributed by atoms with Crippen LogP contribution in [0.15, 0.2) is 24.8 Å². The highest BCUT2D eigenvalue weighted by Crippen LogP contribution is 2.23. The van der Waals surface area contributed by atoms with E-state index in [-0.39, 0.29) is 12.0 Å². The van der Waals surface area contributed by atoms with Gasteiger partial charge in [-0.3, -0.25) is 0 Å². The minimum absolute atomic E-state index is 0.149. The van der Waals surface area contributed by atoms with Gasteiger partial charge in [0.05, 0.1) is 18.3 Å². The van der Waals surface area contributed by atoms with E-state index in [1.807, 2.05) is 19.1 Å². The Morgan fingerprint density at radius 1 is 1.52 bits per heavy atom. The lowest BCUT2D eigenvalue weighted by atomic mass is 10.2. The van der Waals surface area contributed by atoms with Gasteiger partial charge in [-0.05, 0) is 45.2 Å². The quantitative estimate of drug-likeness (QED) is 0.416. The van der Waals surface area contributed by atoms with Crippen molar-refractivity contribution >= 4 is 11.8 Å². The van der Waals surface area contributed by atoms with Crippen molar-refractivity contribution in [3.63, 3.8) is 0 Å². The monoisotopic (exact) mass is 319 g/mol. The van der Waals surface area contributed by atoms with E-state index in [2.05, 4.69) is 21.7 Å². The number of esters is 1. The highest BCUT2D eigenvalue weighted by Gasteiger charge is 2.28. The first-order chi connectivity index (χ1) is 11.1. The fraction of sp³-hybridized carbons (Fsp3) is 0.588. The van der Waals surface area contributed by atoms with Crippen LogP contribution >= 0.6 is 0 Å². The molecule has 2 rings (SSSR count). The molecular weight excluding hydrogens is 294 g/mol. The summed E-state index contributed by atoms with van der Waals surface area (Å²) < 4.78 is 10.8. The lowest BCUT2D eigenvalue weighted by Crippen LogP contribution is -2.36. The largest absolute Gasteiger partial charge is 0.462 e. The second-order valence-electron chi connectivity index (χ2n) is 5.74. The third kappa shape index (κ3) is 5.03. The predicted octanol–water partition coefficient (Wildman–Crippen LogP) is 2.28. The van der Waals surface area contributed by atoms with Crippen LogP contribution < -0.4 is 4.90 Å². The molecule has 0 saturated carbocycles. The van der Waals surface area contributed by atoms with Crippen molar-refractivity contribution in [3.05, 3.63) is 30.5 Å². The van der Waals surface area contributed by atoms with E-state index in [0.29, 0.717) is 13.2 Å². The highest BCUT2D eigenvalue weighted by atomic mass is 16.6. The van der Waals surface area contributed by atoms with E-state index in [9.17, 15) is 4.79 Å². The van der Waals surface area contributed by atoms with Crippen molar-refractivity contribution in [1.29, 1.82) is 0 Å². The van der Waals surface area contributed by atoms with E-state index < -0.39 is 6.10 Å². The zero-order valence-corrected chi connectivity index (χ0v) is 13.9. The van der Waals surface area contributed by atoms with Crippen LogP contribution in [0.25, 0.3) is 0 Å². The molecule has 0 unspecified atom stereocenters. The summed E-state index contributed by atoms with van der Waals surface area (Å²) in [5, 5.41) is 8.32. The summed E-state index contributed by atoms with van der Waals surface area (Å²) in [5.74, 6) is 0.514. The second-order valence-corrected chi connectivity index (χ2v) is 5.74. The van der Waals surface area contributed by atoms with Gasteiger partial charge < -0.3 is 14.4 Å². The number of aryl methyl sites for hydroxylation is 1. The average molecular weight is 319 g/mol. The number of rotatable bonds is 8. The van der Waals surface area contributed by atoms with Gasteiger partial charge in [0, 0.05) is 6.54 Å². The van der Waals surface area contributed by atoms with Crippen molar-refractivity contribution in [2.24, 2.45) is 0 Å². The molecule has 126 valence electrons. The number of ether oxygens (including phenoxy) is 2. The van der Waals surface area contributed by atoms with Crippen LogP contribution in [0.2, 0.25) is 0 Å². The third-order valence-electron chi connectivity index (χ3n) is 3.89. The van der Waals surface area contributed by atoms with Crippen LogP contribution in [-0.4, -0.2) is 48.1 Å². The zero-order chi connectivity index (χ0) is 16.7. The molecule has 0 spiro atoms. The van der Waals surface area contributed by atoms with Gasteiger partial charge in [-0.25, -0.2) is 4.79 Å². The lowest BCUT2D eigenvalue weighted by Gasteiger charge is -2.25. The number of hydrogen-bond donors (Lipinski definition) is 0. The summed E-state index contributed by atoms with van der Waals surface area (Å²) >= 11 is 0. The topological polar surface area (TPSA) is 64.6 Å². The second kappa shape index (κ2) is 8.62. The molecule has 0 amide bonds. The van der Waals surface area contributed by atoms with E-state index in [4.69, 9.17) is 9.47 Å². The highest BCUT2D eigenvalue weighted by molar-refractivity contribution is 5.74. The standard InChI is InChI=1S/C17H25N3O3/c1-4-5-11-22-14(3)17(21)23-12-15-7-6-10-20(15)16-9-8-13(2)18-19-16/h4,8-9,14-15H,1,5-7,10-12H2,2-3H3/t14-,15+/m1/s1. The molecule has 1 fully saturated rings. The fourth-order valence-electron chi connectivity index (χ4n) is 2.55. The SMILES string of the molecule is C=CCCO[C@H](C)C(=O)OC[C@@H]1CCCN1c1ccc(C)nn1. The summed E-state index contributed by atoms with van der Waals surface area (Å²) in [5.41, 5.74) is 0.890. The van der Waals surface area contributed by atoms with Gasteiger partial charge in [-0.1, -0.05) is 6.08 Å². The lowest BCUT2D eigenvalue weighted by molar-refractivity contribution is -0.156.